The van der Waals surface area contributed by atoms with Crippen LogP contribution < -0.4 is 10.7 Å². The summed E-state index contributed by atoms with van der Waals surface area (Å²) in [5.74, 6) is -0.196. The standard InChI is InChI=1S/C19H25N3O2/c23-18(13-20-19(24)15-8-2-1-3-9-15)22-21-17-12-6-10-14-7-4-5-11-16(14)17/h4-5,7,11,15H,1-3,6,8-10,12-13H2,(H,20,24)(H,22,23)/b21-17+. The summed E-state index contributed by atoms with van der Waals surface area (Å²) in [6.45, 7) is -0.00619. The van der Waals surface area contributed by atoms with Crippen LogP contribution in [0.25, 0.3) is 0 Å². The Balaban J connectivity index is 1.50. The molecule has 0 atom stereocenters. The number of carbonyl (C=O) groups is 2. The smallest absolute Gasteiger partial charge is 0.259 e. The Labute approximate surface area is 142 Å². The molecule has 2 amide bonds. The number of fused-ring (bicyclic) bond motifs is 1. The predicted molar refractivity (Wildman–Crippen MR) is 93.6 cm³/mol. The van der Waals surface area contributed by atoms with E-state index in [0.717, 1.165) is 56.2 Å². The van der Waals surface area contributed by atoms with Gasteiger partial charge in [0.1, 0.15) is 0 Å². The number of nitrogens with one attached hydrogen (secondary N) is 2. The molecule has 2 aliphatic carbocycles. The van der Waals surface area contributed by atoms with Gasteiger partial charge in [-0.05, 0) is 37.7 Å². The third-order valence-corrected chi connectivity index (χ3v) is 4.90. The number of hydrogen-bond acceptors (Lipinski definition) is 3. The fourth-order valence-electron chi connectivity index (χ4n) is 3.56. The van der Waals surface area contributed by atoms with Gasteiger partial charge in [0.15, 0.2) is 0 Å². The van der Waals surface area contributed by atoms with Gasteiger partial charge in [-0.1, -0.05) is 43.5 Å². The Morgan fingerprint density at radius 2 is 1.83 bits per heavy atom. The average Bonchev–Trinajstić information content (AvgIpc) is 2.65. The summed E-state index contributed by atoms with van der Waals surface area (Å²) in [6.07, 6.45) is 8.27. The first-order valence-electron chi connectivity index (χ1n) is 8.95. The van der Waals surface area contributed by atoms with Crippen LogP contribution in [0.5, 0.6) is 0 Å². The highest BCUT2D eigenvalue weighted by Crippen LogP contribution is 2.23. The molecule has 0 aliphatic heterocycles. The van der Waals surface area contributed by atoms with Crippen molar-refractivity contribution in [1.29, 1.82) is 0 Å². The van der Waals surface area contributed by atoms with Gasteiger partial charge in [-0.3, -0.25) is 9.59 Å². The van der Waals surface area contributed by atoms with E-state index in [-0.39, 0.29) is 24.3 Å². The van der Waals surface area contributed by atoms with E-state index in [9.17, 15) is 9.59 Å². The number of benzene rings is 1. The first-order chi connectivity index (χ1) is 11.7. The molecule has 0 radical (unpaired) electrons. The van der Waals surface area contributed by atoms with E-state index in [1.165, 1.54) is 12.0 Å². The first kappa shape index (κ1) is 16.7. The van der Waals surface area contributed by atoms with Crippen LogP contribution in [0.1, 0.15) is 56.1 Å². The lowest BCUT2D eigenvalue weighted by Gasteiger charge is -2.20. The lowest BCUT2D eigenvalue weighted by Crippen LogP contribution is -2.39. The Bertz CT molecular complexity index is 633. The summed E-state index contributed by atoms with van der Waals surface area (Å²) in [4.78, 5) is 24.0. The molecular formula is C19H25N3O2. The molecule has 0 bridgehead atoms. The van der Waals surface area contributed by atoms with E-state index >= 15 is 0 Å². The Morgan fingerprint density at radius 3 is 2.67 bits per heavy atom. The molecule has 3 rings (SSSR count). The van der Waals surface area contributed by atoms with Crippen molar-refractivity contribution in [2.24, 2.45) is 11.0 Å². The van der Waals surface area contributed by atoms with E-state index in [1.54, 1.807) is 0 Å². The number of hydrogen-bond donors (Lipinski definition) is 2. The van der Waals surface area contributed by atoms with Crippen molar-refractivity contribution < 1.29 is 9.59 Å². The number of nitrogens with zero attached hydrogens (tertiary/aromatic N) is 1. The molecule has 0 spiro atoms. The van der Waals surface area contributed by atoms with Gasteiger partial charge in [-0.25, -0.2) is 5.43 Å². The molecule has 128 valence electrons. The molecule has 1 saturated carbocycles. The zero-order chi connectivity index (χ0) is 16.8. The van der Waals surface area contributed by atoms with E-state index < -0.39 is 0 Å². The molecule has 0 aromatic heterocycles. The Kier molecular flexibility index (Phi) is 5.62. The van der Waals surface area contributed by atoms with E-state index in [1.807, 2.05) is 18.2 Å². The first-order valence-corrected chi connectivity index (χ1v) is 8.95. The zero-order valence-electron chi connectivity index (χ0n) is 14.0. The molecule has 5 heteroatoms. The van der Waals surface area contributed by atoms with Crippen molar-refractivity contribution in [3.8, 4) is 0 Å². The molecule has 1 aromatic rings. The van der Waals surface area contributed by atoms with Gasteiger partial charge in [0.2, 0.25) is 5.91 Å². The highest BCUT2D eigenvalue weighted by Gasteiger charge is 2.21. The minimum atomic E-state index is -0.269. The number of aryl methyl sites for hydroxylation is 1. The van der Waals surface area contributed by atoms with Crippen LogP contribution in [0, 0.1) is 5.92 Å². The summed E-state index contributed by atoms with van der Waals surface area (Å²) >= 11 is 0. The predicted octanol–water partition coefficient (Wildman–Crippen LogP) is 2.54. The minimum Gasteiger partial charge on any atom is -0.347 e. The van der Waals surface area contributed by atoms with Crippen molar-refractivity contribution in [3.05, 3.63) is 35.4 Å². The van der Waals surface area contributed by atoms with Crippen molar-refractivity contribution in [2.75, 3.05) is 6.54 Å². The molecule has 1 aromatic carbocycles. The largest absolute Gasteiger partial charge is 0.347 e. The molecular weight excluding hydrogens is 302 g/mol. The van der Waals surface area contributed by atoms with Crippen LogP contribution in [-0.4, -0.2) is 24.1 Å². The molecule has 5 nitrogen and oxygen atoms in total. The van der Waals surface area contributed by atoms with Gasteiger partial charge < -0.3 is 5.32 Å². The van der Waals surface area contributed by atoms with Gasteiger partial charge in [0.25, 0.3) is 5.91 Å². The number of rotatable bonds is 4. The van der Waals surface area contributed by atoms with Crippen molar-refractivity contribution in [3.63, 3.8) is 0 Å². The molecule has 24 heavy (non-hydrogen) atoms. The maximum absolute atomic E-state index is 12.0. The molecule has 0 saturated heterocycles. The molecule has 2 N–H and O–H groups in total. The second-order valence-corrected chi connectivity index (χ2v) is 6.66. The molecule has 2 aliphatic rings. The maximum atomic E-state index is 12.0. The lowest BCUT2D eigenvalue weighted by molar-refractivity contribution is -0.129. The van der Waals surface area contributed by atoms with Crippen LogP contribution in [-0.2, 0) is 16.0 Å². The van der Waals surface area contributed by atoms with Gasteiger partial charge >= 0.3 is 0 Å². The second-order valence-electron chi connectivity index (χ2n) is 6.66. The Morgan fingerprint density at radius 1 is 1.04 bits per heavy atom. The highest BCUT2D eigenvalue weighted by atomic mass is 16.2. The highest BCUT2D eigenvalue weighted by molar-refractivity contribution is 6.03. The normalized spacial score (nSPS) is 19.6. The molecule has 1 fully saturated rings. The summed E-state index contributed by atoms with van der Waals surface area (Å²) in [5.41, 5.74) is 5.91. The van der Waals surface area contributed by atoms with Crippen molar-refractivity contribution in [2.45, 2.75) is 51.4 Å². The van der Waals surface area contributed by atoms with E-state index in [2.05, 4.69) is 21.9 Å². The maximum Gasteiger partial charge on any atom is 0.259 e. The number of amides is 2. The van der Waals surface area contributed by atoms with Gasteiger partial charge in [0.05, 0.1) is 12.3 Å². The third-order valence-electron chi connectivity index (χ3n) is 4.90. The summed E-state index contributed by atoms with van der Waals surface area (Å²) in [5, 5.41) is 7.02. The third kappa shape index (κ3) is 4.22. The van der Waals surface area contributed by atoms with Gasteiger partial charge in [-0.15, -0.1) is 0 Å². The van der Waals surface area contributed by atoms with Crippen molar-refractivity contribution in [1.82, 2.24) is 10.7 Å². The molecule has 0 heterocycles. The van der Waals surface area contributed by atoms with Gasteiger partial charge in [-0.2, -0.15) is 5.10 Å². The van der Waals surface area contributed by atoms with Crippen LogP contribution in [0.4, 0.5) is 0 Å². The topological polar surface area (TPSA) is 70.6 Å². The summed E-state index contributed by atoms with van der Waals surface area (Å²) in [6, 6.07) is 8.17. The SMILES string of the molecule is O=C(CNC(=O)C1CCCCC1)N/N=C1\CCCc2ccccc21. The monoisotopic (exact) mass is 327 g/mol. The zero-order valence-corrected chi connectivity index (χ0v) is 14.0. The van der Waals surface area contributed by atoms with E-state index in [0.29, 0.717) is 0 Å². The quantitative estimate of drug-likeness (QED) is 0.834. The number of hydrazone groups is 1. The van der Waals surface area contributed by atoms with Crippen molar-refractivity contribution >= 4 is 17.5 Å². The van der Waals surface area contributed by atoms with Crippen LogP contribution in [0.3, 0.4) is 0 Å². The van der Waals surface area contributed by atoms with Gasteiger partial charge in [0, 0.05) is 11.5 Å². The number of carbonyl (C=O) groups excluding carboxylic acids is 2. The van der Waals surface area contributed by atoms with E-state index in [4.69, 9.17) is 0 Å². The van der Waals surface area contributed by atoms with Crippen LogP contribution in [0.15, 0.2) is 29.4 Å². The van der Waals surface area contributed by atoms with Crippen LogP contribution >= 0.6 is 0 Å². The molecule has 0 unspecified atom stereocenters. The van der Waals surface area contributed by atoms with Crippen LogP contribution in [0.2, 0.25) is 0 Å². The summed E-state index contributed by atoms with van der Waals surface area (Å²) < 4.78 is 0. The lowest BCUT2D eigenvalue weighted by atomic mass is 9.89. The minimum absolute atomic E-state index is 0.000477. The fraction of sp³-hybridized carbons (Fsp3) is 0.526. The second kappa shape index (κ2) is 8.08. The Hall–Kier alpha value is -2.17. The fourth-order valence-corrected chi connectivity index (χ4v) is 3.56. The average molecular weight is 327 g/mol. The summed E-state index contributed by atoms with van der Waals surface area (Å²) in [7, 11) is 0.